The molecule has 244 valence electrons. The molecule has 3 aromatic carbocycles. The first-order chi connectivity index (χ1) is 21.3. The fourth-order valence-electron chi connectivity index (χ4n) is 4.61. The van der Waals surface area contributed by atoms with Gasteiger partial charge in [-0.2, -0.15) is 0 Å². The summed E-state index contributed by atoms with van der Waals surface area (Å²) in [6.45, 7) is 4.85. The number of nitrogens with zero attached hydrogens (tertiary/aromatic N) is 2. The minimum atomic E-state index is -3.84. The molecule has 0 radical (unpaired) electrons. The fourth-order valence-corrected chi connectivity index (χ4v) is 6.46. The number of hydrogen-bond acceptors (Lipinski definition) is 5. The van der Waals surface area contributed by atoms with Crippen LogP contribution in [-0.4, -0.2) is 65.2 Å². The lowest BCUT2D eigenvalue weighted by atomic mass is 10.0. The molecule has 3 rings (SSSR count). The third-order valence-electron chi connectivity index (χ3n) is 6.82. The lowest BCUT2D eigenvalue weighted by Gasteiger charge is -2.29. The summed E-state index contributed by atoms with van der Waals surface area (Å²) < 4.78 is 28.1. The second-order valence-electron chi connectivity index (χ2n) is 11.3. The van der Waals surface area contributed by atoms with Crippen LogP contribution in [0.5, 0.6) is 0 Å². The Morgan fingerprint density at radius 2 is 1.53 bits per heavy atom. The molecule has 1 atom stereocenters. The van der Waals surface area contributed by atoms with Crippen molar-refractivity contribution in [1.82, 2.24) is 14.9 Å². The molecule has 3 aromatic rings. The Kier molecular flexibility index (Phi) is 13.8. The Bertz CT molecular complexity index is 1510. The van der Waals surface area contributed by atoms with Crippen LogP contribution in [0, 0.1) is 5.92 Å². The van der Waals surface area contributed by atoms with Gasteiger partial charge in [0.05, 0.1) is 5.02 Å². The number of anilines is 3. The minimum absolute atomic E-state index is 0.0384. The summed E-state index contributed by atoms with van der Waals surface area (Å²) in [5, 5.41) is 9.21. The molecule has 4 amide bonds. The van der Waals surface area contributed by atoms with Crippen LogP contribution in [-0.2, 0) is 10.0 Å². The Morgan fingerprint density at radius 1 is 0.867 bits per heavy atom. The second kappa shape index (κ2) is 17.3. The van der Waals surface area contributed by atoms with Gasteiger partial charge >= 0.3 is 12.1 Å². The van der Waals surface area contributed by atoms with Crippen molar-refractivity contribution in [1.29, 1.82) is 0 Å². The maximum atomic E-state index is 13.5. The van der Waals surface area contributed by atoms with Gasteiger partial charge in [0.15, 0.2) is 0 Å². The number of unbranched alkanes of at least 4 members (excludes halogenated alkanes) is 1. The Hall–Kier alpha value is -3.51. The molecule has 0 saturated carbocycles. The molecule has 13 heteroatoms. The molecule has 0 bridgehead atoms. The molecule has 0 fully saturated rings. The predicted molar refractivity (Wildman–Crippen MR) is 184 cm³/mol. The van der Waals surface area contributed by atoms with Gasteiger partial charge in [0, 0.05) is 61.9 Å². The van der Waals surface area contributed by atoms with Gasteiger partial charge in [-0.25, -0.2) is 22.7 Å². The van der Waals surface area contributed by atoms with Gasteiger partial charge < -0.3 is 25.8 Å². The van der Waals surface area contributed by atoms with E-state index in [9.17, 15) is 18.0 Å². The van der Waals surface area contributed by atoms with E-state index in [-0.39, 0.29) is 47.0 Å². The number of nitrogens with one attached hydrogen (secondary N) is 4. The van der Waals surface area contributed by atoms with E-state index in [1.54, 1.807) is 17.0 Å². The molecular formula is C32H42Cl2N6O4S. The van der Waals surface area contributed by atoms with Gasteiger partial charge in [0.1, 0.15) is 4.90 Å². The molecule has 10 nitrogen and oxygen atoms in total. The van der Waals surface area contributed by atoms with Gasteiger partial charge in [-0.1, -0.05) is 55.2 Å². The highest BCUT2D eigenvalue weighted by Gasteiger charge is 2.23. The average Bonchev–Trinajstić information content (AvgIpc) is 2.96. The zero-order chi connectivity index (χ0) is 33.0. The largest absolute Gasteiger partial charge is 0.378 e. The number of para-hydroxylation sites is 1. The third kappa shape index (κ3) is 12.1. The highest BCUT2D eigenvalue weighted by molar-refractivity contribution is 7.89. The van der Waals surface area contributed by atoms with Gasteiger partial charge in [0.2, 0.25) is 10.0 Å². The standard InChI is InChI=1S/C32H42Cl2N6O4S/c1-23(2)20-27(37-31(41)36-25-10-6-5-7-11-25)22-40(32(42)38-26-13-15-28(16-14-26)39(3)4)19-9-8-18-35-45(43,44)30-17-12-24(33)21-29(30)34/h5-7,10-17,21,23,27,35H,8-9,18-20,22H2,1-4H3,(H,38,42)(H2,36,37,41)/t27-/m1/s1. The lowest BCUT2D eigenvalue weighted by molar-refractivity contribution is 0.198. The van der Waals surface area contributed by atoms with Crippen LogP contribution in [0.2, 0.25) is 10.0 Å². The first kappa shape index (κ1) is 36.0. The number of halogens is 2. The van der Waals surface area contributed by atoms with E-state index in [0.29, 0.717) is 42.2 Å². The molecule has 0 aliphatic carbocycles. The smallest absolute Gasteiger partial charge is 0.321 e. The molecular weight excluding hydrogens is 635 g/mol. The van der Waals surface area contributed by atoms with E-state index < -0.39 is 10.0 Å². The van der Waals surface area contributed by atoms with Crippen LogP contribution in [0.3, 0.4) is 0 Å². The first-order valence-electron chi connectivity index (χ1n) is 14.7. The number of hydrogen-bond donors (Lipinski definition) is 4. The SMILES string of the molecule is CC(C)C[C@H](CN(CCCCNS(=O)(=O)c1ccc(Cl)cc1Cl)C(=O)Nc1ccc(N(C)C)cc1)NC(=O)Nc1ccccc1. The highest BCUT2D eigenvalue weighted by Crippen LogP contribution is 2.25. The predicted octanol–water partition coefficient (Wildman–Crippen LogP) is 6.89. The number of rotatable bonds is 15. The van der Waals surface area contributed by atoms with Crippen molar-refractivity contribution in [3.05, 3.63) is 82.8 Å². The topological polar surface area (TPSA) is 123 Å². The Labute approximate surface area is 276 Å². The molecule has 0 aliphatic heterocycles. The summed E-state index contributed by atoms with van der Waals surface area (Å²) in [5.41, 5.74) is 2.30. The van der Waals surface area contributed by atoms with E-state index >= 15 is 0 Å². The highest BCUT2D eigenvalue weighted by atomic mass is 35.5. The minimum Gasteiger partial charge on any atom is -0.378 e. The Balaban J connectivity index is 1.68. The maximum Gasteiger partial charge on any atom is 0.321 e. The average molecular weight is 678 g/mol. The number of carbonyl (C=O) groups excluding carboxylic acids is 2. The molecule has 4 N–H and O–H groups in total. The monoisotopic (exact) mass is 676 g/mol. The van der Waals surface area contributed by atoms with Crippen LogP contribution in [0.1, 0.15) is 33.1 Å². The summed E-state index contributed by atoms with van der Waals surface area (Å²) in [6, 6.07) is 19.8. The number of carbonyl (C=O) groups is 2. The van der Waals surface area contributed by atoms with Crippen LogP contribution < -0.4 is 25.6 Å². The van der Waals surface area contributed by atoms with E-state index in [2.05, 4.69) is 34.5 Å². The zero-order valence-corrected chi connectivity index (χ0v) is 28.3. The van der Waals surface area contributed by atoms with Gasteiger partial charge in [-0.05, 0) is 79.8 Å². The van der Waals surface area contributed by atoms with Crippen LogP contribution in [0.4, 0.5) is 26.7 Å². The molecule has 0 aromatic heterocycles. The fraction of sp³-hybridized carbons (Fsp3) is 0.375. The van der Waals surface area contributed by atoms with Crippen molar-refractivity contribution >= 4 is 62.3 Å². The van der Waals surface area contributed by atoms with E-state index in [1.165, 1.54) is 18.2 Å². The maximum absolute atomic E-state index is 13.5. The summed E-state index contributed by atoms with van der Waals surface area (Å²) in [6.07, 6.45) is 1.61. The number of urea groups is 2. The summed E-state index contributed by atoms with van der Waals surface area (Å²) in [5.74, 6) is 0.254. The summed E-state index contributed by atoms with van der Waals surface area (Å²) >= 11 is 12.0. The van der Waals surface area contributed by atoms with Crippen molar-refractivity contribution in [3.8, 4) is 0 Å². The van der Waals surface area contributed by atoms with Crippen LogP contribution >= 0.6 is 23.2 Å². The molecule has 45 heavy (non-hydrogen) atoms. The van der Waals surface area contributed by atoms with Crippen molar-refractivity contribution in [2.75, 3.05) is 49.3 Å². The molecule has 0 aliphatic rings. The van der Waals surface area contributed by atoms with E-state index in [1.807, 2.05) is 61.5 Å². The summed E-state index contributed by atoms with van der Waals surface area (Å²) in [7, 11) is 0.0412. The van der Waals surface area contributed by atoms with Gasteiger partial charge in [-0.3, -0.25) is 0 Å². The van der Waals surface area contributed by atoms with Gasteiger partial charge in [-0.15, -0.1) is 0 Å². The van der Waals surface area contributed by atoms with E-state index in [0.717, 1.165) is 5.69 Å². The van der Waals surface area contributed by atoms with Crippen LogP contribution in [0.25, 0.3) is 0 Å². The normalized spacial score (nSPS) is 12.0. The molecule has 0 unspecified atom stereocenters. The van der Waals surface area contributed by atoms with Crippen molar-refractivity contribution in [2.24, 2.45) is 5.92 Å². The molecule has 0 heterocycles. The molecule has 0 saturated heterocycles. The third-order valence-corrected chi connectivity index (χ3v) is 9.00. The van der Waals surface area contributed by atoms with Crippen molar-refractivity contribution in [3.63, 3.8) is 0 Å². The number of amides is 4. The van der Waals surface area contributed by atoms with Crippen molar-refractivity contribution < 1.29 is 18.0 Å². The zero-order valence-electron chi connectivity index (χ0n) is 26.0. The van der Waals surface area contributed by atoms with E-state index in [4.69, 9.17) is 23.2 Å². The Morgan fingerprint density at radius 3 is 2.16 bits per heavy atom. The van der Waals surface area contributed by atoms with Crippen LogP contribution in [0.15, 0.2) is 77.7 Å². The van der Waals surface area contributed by atoms with Gasteiger partial charge in [0.25, 0.3) is 0 Å². The number of sulfonamides is 1. The molecule has 0 spiro atoms. The lowest BCUT2D eigenvalue weighted by Crippen LogP contribution is -2.49. The summed E-state index contributed by atoms with van der Waals surface area (Å²) in [4.78, 5) is 30.0. The van der Waals surface area contributed by atoms with Crippen molar-refractivity contribution in [2.45, 2.75) is 44.0 Å². The quantitative estimate of drug-likeness (QED) is 0.131. The second-order valence-corrected chi connectivity index (χ2v) is 13.9. The first-order valence-corrected chi connectivity index (χ1v) is 17.0. The number of benzene rings is 3.